The van der Waals surface area contributed by atoms with Crippen molar-refractivity contribution in [2.75, 3.05) is 6.54 Å². The van der Waals surface area contributed by atoms with E-state index in [4.69, 9.17) is 0 Å². The Bertz CT molecular complexity index is 90.9. The van der Waals surface area contributed by atoms with Gasteiger partial charge >= 0.3 is 0 Å². The molecule has 0 unspecified atom stereocenters. The first kappa shape index (κ1) is 8.47. The molecule has 0 bridgehead atoms. The molecule has 0 aliphatic carbocycles. The topological polar surface area (TPSA) is 29.1 Å². The highest BCUT2D eigenvalue weighted by Gasteiger charge is 2.15. The summed E-state index contributed by atoms with van der Waals surface area (Å²) < 4.78 is 0. The van der Waals surface area contributed by atoms with Crippen LogP contribution in [0.1, 0.15) is 27.2 Å². The minimum Gasteiger partial charge on any atom is -0.356 e. The van der Waals surface area contributed by atoms with Gasteiger partial charge in [0.25, 0.3) is 0 Å². The van der Waals surface area contributed by atoms with E-state index in [9.17, 15) is 4.79 Å². The summed E-state index contributed by atoms with van der Waals surface area (Å²) >= 11 is 0. The minimum atomic E-state index is 0.201. The van der Waals surface area contributed by atoms with Gasteiger partial charge in [-0.2, -0.15) is 0 Å². The second-order valence-corrected chi connectivity index (χ2v) is 2.11. The first-order valence-corrected chi connectivity index (χ1v) is 3.56. The Hall–Kier alpha value is -0.530. The van der Waals surface area contributed by atoms with Crippen LogP contribution in [-0.2, 0) is 4.79 Å². The molecule has 1 fully saturated rings. The van der Waals surface area contributed by atoms with Crippen molar-refractivity contribution in [3.63, 3.8) is 0 Å². The molecule has 1 atom stereocenters. The summed E-state index contributed by atoms with van der Waals surface area (Å²) in [6.07, 6.45) is 0.722. The third kappa shape index (κ3) is 3.12. The SMILES string of the molecule is CC.C[C@H]1CNC(=O)C1. The zero-order valence-corrected chi connectivity index (χ0v) is 6.40. The Morgan fingerprint density at radius 2 is 2.11 bits per heavy atom. The number of carbonyl (C=O) groups excluding carboxylic acids is 1. The summed E-state index contributed by atoms with van der Waals surface area (Å²) in [6.45, 7) is 6.94. The second-order valence-electron chi connectivity index (χ2n) is 2.11. The number of hydrogen-bond donors (Lipinski definition) is 1. The molecule has 1 aliphatic heterocycles. The van der Waals surface area contributed by atoms with Gasteiger partial charge in [-0.25, -0.2) is 0 Å². The fraction of sp³-hybridized carbons (Fsp3) is 0.857. The third-order valence-electron chi connectivity index (χ3n) is 1.18. The lowest BCUT2D eigenvalue weighted by atomic mass is 10.2. The average molecular weight is 129 g/mol. The summed E-state index contributed by atoms with van der Waals surface area (Å²) in [7, 11) is 0. The first-order valence-electron chi connectivity index (χ1n) is 3.56. The summed E-state index contributed by atoms with van der Waals surface area (Å²) in [6, 6.07) is 0. The maximum absolute atomic E-state index is 10.3. The number of rotatable bonds is 0. The molecule has 0 spiro atoms. The number of carbonyl (C=O) groups is 1. The molecule has 1 saturated heterocycles. The van der Waals surface area contributed by atoms with Gasteiger partial charge in [-0.05, 0) is 5.92 Å². The van der Waals surface area contributed by atoms with Crippen LogP contribution in [0, 0.1) is 5.92 Å². The van der Waals surface area contributed by atoms with Crippen LogP contribution in [0.3, 0.4) is 0 Å². The molecular formula is C7H15NO. The molecule has 9 heavy (non-hydrogen) atoms. The van der Waals surface area contributed by atoms with Gasteiger partial charge < -0.3 is 5.32 Å². The van der Waals surface area contributed by atoms with Crippen LogP contribution in [0.15, 0.2) is 0 Å². The second kappa shape index (κ2) is 4.36. The molecule has 1 heterocycles. The zero-order valence-electron chi connectivity index (χ0n) is 6.40. The highest BCUT2D eigenvalue weighted by molar-refractivity contribution is 5.78. The first-order chi connectivity index (χ1) is 4.29. The van der Waals surface area contributed by atoms with Crippen molar-refractivity contribution < 1.29 is 4.79 Å². The van der Waals surface area contributed by atoms with Gasteiger partial charge in [0.1, 0.15) is 0 Å². The van der Waals surface area contributed by atoms with Crippen molar-refractivity contribution in [1.82, 2.24) is 5.32 Å². The molecule has 1 rings (SSSR count). The van der Waals surface area contributed by atoms with E-state index in [1.54, 1.807) is 0 Å². The number of hydrogen-bond acceptors (Lipinski definition) is 1. The maximum Gasteiger partial charge on any atom is 0.220 e. The Balaban J connectivity index is 0.000000291. The Labute approximate surface area is 56.6 Å². The van der Waals surface area contributed by atoms with Gasteiger partial charge in [0, 0.05) is 13.0 Å². The number of nitrogens with one attached hydrogen (secondary N) is 1. The molecule has 0 aromatic carbocycles. The van der Waals surface area contributed by atoms with E-state index in [1.165, 1.54) is 0 Å². The third-order valence-corrected chi connectivity index (χ3v) is 1.18. The van der Waals surface area contributed by atoms with E-state index in [0.717, 1.165) is 13.0 Å². The van der Waals surface area contributed by atoms with E-state index < -0.39 is 0 Å². The molecule has 0 saturated carbocycles. The van der Waals surface area contributed by atoms with Crippen LogP contribution in [0.5, 0.6) is 0 Å². The molecular weight excluding hydrogens is 114 g/mol. The lowest BCUT2D eigenvalue weighted by molar-refractivity contribution is -0.119. The largest absolute Gasteiger partial charge is 0.356 e. The van der Waals surface area contributed by atoms with E-state index >= 15 is 0 Å². The van der Waals surface area contributed by atoms with Crippen LogP contribution in [0.25, 0.3) is 0 Å². The molecule has 1 aliphatic rings. The van der Waals surface area contributed by atoms with E-state index in [-0.39, 0.29) is 5.91 Å². The highest BCUT2D eigenvalue weighted by atomic mass is 16.1. The summed E-state index contributed by atoms with van der Waals surface area (Å²) in [5.41, 5.74) is 0. The molecule has 1 N–H and O–H groups in total. The molecule has 1 amide bonds. The van der Waals surface area contributed by atoms with Crippen LogP contribution in [0.4, 0.5) is 0 Å². The molecule has 54 valence electrons. The fourth-order valence-corrected chi connectivity index (χ4v) is 0.749. The van der Waals surface area contributed by atoms with Crippen LogP contribution in [0.2, 0.25) is 0 Å². The van der Waals surface area contributed by atoms with Crippen molar-refractivity contribution in [2.45, 2.75) is 27.2 Å². The fourth-order valence-electron chi connectivity index (χ4n) is 0.749. The van der Waals surface area contributed by atoms with Gasteiger partial charge in [0.2, 0.25) is 5.91 Å². The van der Waals surface area contributed by atoms with E-state index in [1.807, 2.05) is 13.8 Å². The normalized spacial score (nSPS) is 24.3. The molecule has 2 heteroatoms. The van der Waals surface area contributed by atoms with Gasteiger partial charge in [-0.1, -0.05) is 20.8 Å². The predicted molar refractivity (Wildman–Crippen MR) is 38.1 cm³/mol. The Morgan fingerprint density at radius 1 is 1.56 bits per heavy atom. The van der Waals surface area contributed by atoms with Crippen LogP contribution >= 0.6 is 0 Å². The zero-order chi connectivity index (χ0) is 7.28. The lowest BCUT2D eigenvalue weighted by Gasteiger charge is -1.88. The van der Waals surface area contributed by atoms with Crippen molar-refractivity contribution in [1.29, 1.82) is 0 Å². The van der Waals surface area contributed by atoms with Crippen LogP contribution in [-0.4, -0.2) is 12.5 Å². The Morgan fingerprint density at radius 3 is 2.22 bits per heavy atom. The standard InChI is InChI=1S/C5H9NO.C2H6/c1-4-2-5(7)6-3-4;1-2/h4H,2-3H2,1H3,(H,6,7);1-2H3/t4-;/m1./s1. The number of amides is 1. The monoisotopic (exact) mass is 129 g/mol. The minimum absolute atomic E-state index is 0.201. The van der Waals surface area contributed by atoms with Gasteiger partial charge in [-0.3, -0.25) is 4.79 Å². The maximum atomic E-state index is 10.3. The van der Waals surface area contributed by atoms with Gasteiger partial charge in [0.15, 0.2) is 0 Å². The van der Waals surface area contributed by atoms with Crippen LogP contribution < -0.4 is 5.32 Å². The highest BCUT2D eigenvalue weighted by Crippen LogP contribution is 2.05. The van der Waals surface area contributed by atoms with Crippen molar-refractivity contribution in [3.05, 3.63) is 0 Å². The molecule has 0 radical (unpaired) electrons. The summed E-state index contributed by atoms with van der Waals surface area (Å²) in [5.74, 6) is 0.764. The quantitative estimate of drug-likeness (QED) is 0.522. The van der Waals surface area contributed by atoms with E-state index in [0.29, 0.717) is 5.92 Å². The van der Waals surface area contributed by atoms with E-state index in [2.05, 4.69) is 12.2 Å². The van der Waals surface area contributed by atoms with Gasteiger partial charge in [0.05, 0.1) is 0 Å². The average Bonchev–Trinajstić information content (AvgIpc) is 2.20. The summed E-state index contributed by atoms with van der Waals surface area (Å²) in [5, 5.41) is 2.73. The molecule has 2 nitrogen and oxygen atoms in total. The summed E-state index contributed by atoms with van der Waals surface area (Å²) in [4.78, 5) is 10.3. The van der Waals surface area contributed by atoms with Crippen molar-refractivity contribution in [2.24, 2.45) is 5.92 Å². The Kier molecular flexibility index (Phi) is 4.10. The lowest BCUT2D eigenvalue weighted by Crippen LogP contribution is -2.13. The van der Waals surface area contributed by atoms with Gasteiger partial charge in [-0.15, -0.1) is 0 Å². The molecule has 0 aromatic rings. The molecule has 0 aromatic heterocycles. The van der Waals surface area contributed by atoms with Crippen molar-refractivity contribution >= 4 is 5.91 Å². The smallest absolute Gasteiger partial charge is 0.220 e. The predicted octanol–water partition coefficient (Wildman–Crippen LogP) is 1.17. The van der Waals surface area contributed by atoms with Crippen molar-refractivity contribution in [3.8, 4) is 0 Å².